The van der Waals surface area contributed by atoms with Crippen molar-refractivity contribution in [2.24, 2.45) is 11.8 Å². The average molecular weight is 490 g/mol. The van der Waals surface area contributed by atoms with Crippen LogP contribution in [-0.2, 0) is 42.8 Å². The van der Waals surface area contributed by atoms with Crippen LogP contribution in [0.5, 0.6) is 0 Å². The molecular weight excluding hydrogens is 460 g/mol. The van der Waals surface area contributed by atoms with E-state index in [4.69, 9.17) is 28.4 Å². The van der Waals surface area contributed by atoms with Crippen LogP contribution in [0.4, 0.5) is 0 Å². The van der Waals surface area contributed by atoms with Gasteiger partial charge in [0.2, 0.25) is 6.29 Å². The molecule has 3 aliphatic rings. The summed E-state index contributed by atoms with van der Waals surface area (Å²) in [6, 6.07) is 0. The van der Waals surface area contributed by atoms with E-state index in [9.17, 15) is 34.8 Å². The van der Waals surface area contributed by atoms with Crippen LogP contribution < -0.4 is 0 Å². The molecule has 0 spiro atoms. The smallest absolute Gasteiger partial charge is 0.337 e. The first-order chi connectivity index (χ1) is 15.9. The topological polar surface area (TPSA) is 188 Å². The predicted octanol–water partition coefficient (Wildman–Crippen LogP) is -1.89. The lowest BCUT2D eigenvalue weighted by Crippen LogP contribution is -2.61. The number of carbonyl (C=O) groups is 3. The Labute approximate surface area is 195 Å². The normalized spacial score (nSPS) is 41.5. The second-order valence-corrected chi connectivity index (χ2v) is 8.71. The Morgan fingerprint density at radius 1 is 1.09 bits per heavy atom. The second-order valence-electron chi connectivity index (χ2n) is 8.71. The van der Waals surface area contributed by atoms with E-state index >= 15 is 0 Å². The molecule has 2 heterocycles. The molecule has 0 bridgehead atoms. The van der Waals surface area contributed by atoms with Crippen LogP contribution in [0.1, 0.15) is 27.2 Å². The average Bonchev–Trinajstić information content (AvgIpc) is 3.04. The van der Waals surface area contributed by atoms with E-state index in [0.717, 1.165) is 13.4 Å². The van der Waals surface area contributed by atoms with Gasteiger partial charge in [0.15, 0.2) is 6.29 Å². The number of hydrogen-bond acceptors (Lipinski definition) is 13. The summed E-state index contributed by atoms with van der Waals surface area (Å²) in [5, 5.41) is 39.9. The molecule has 0 radical (unpaired) electrons. The predicted molar refractivity (Wildman–Crippen MR) is 107 cm³/mol. The minimum Gasteiger partial charge on any atom is -0.471 e. The number of aliphatic hydroxyl groups is 4. The monoisotopic (exact) mass is 490 g/mol. The zero-order valence-corrected chi connectivity index (χ0v) is 19.2. The van der Waals surface area contributed by atoms with E-state index in [0.29, 0.717) is 0 Å². The van der Waals surface area contributed by atoms with Crippen LogP contribution in [0.3, 0.4) is 0 Å². The van der Waals surface area contributed by atoms with E-state index in [1.54, 1.807) is 6.92 Å². The Morgan fingerprint density at radius 3 is 2.32 bits per heavy atom. The molecule has 13 heteroatoms. The highest BCUT2D eigenvalue weighted by atomic mass is 16.8. The Kier molecular flexibility index (Phi) is 7.85. The maximum Gasteiger partial charge on any atom is 0.337 e. The van der Waals surface area contributed by atoms with Crippen LogP contribution in [0.25, 0.3) is 0 Å². The second kappa shape index (κ2) is 10.1. The van der Waals surface area contributed by atoms with Crippen molar-refractivity contribution < 1.29 is 63.2 Å². The zero-order valence-electron chi connectivity index (χ0n) is 19.2. The summed E-state index contributed by atoms with van der Waals surface area (Å²) >= 11 is 0. The van der Waals surface area contributed by atoms with Gasteiger partial charge in [-0.1, -0.05) is 0 Å². The third-order valence-corrected chi connectivity index (χ3v) is 6.31. The fourth-order valence-corrected chi connectivity index (χ4v) is 4.93. The van der Waals surface area contributed by atoms with Gasteiger partial charge in [0.1, 0.15) is 36.1 Å². The van der Waals surface area contributed by atoms with E-state index < -0.39 is 85.1 Å². The summed E-state index contributed by atoms with van der Waals surface area (Å²) < 4.78 is 32.6. The Morgan fingerprint density at radius 2 is 1.76 bits per heavy atom. The highest BCUT2D eigenvalue weighted by Crippen LogP contribution is 2.52. The van der Waals surface area contributed by atoms with E-state index in [2.05, 4.69) is 0 Å². The third kappa shape index (κ3) is 4.90. The first-order valence-electron chi connectivity index (χ1n) is 10.7. The van der Waals surface area contributed by atoms with E-state index in [-0.39, 0.29) is 12.0 Å². The maximum atomic E-state index is 12.5. The fourth-order valence-electron chi connectivity index (χ4n) is 4.93. The zero-order chi connectivity index (χ0) is 25.4. The molecule has 2 aliphatic heterocycles. The third-order valence-electron chi connectivity index (χ3n) is 6.31. The van der Waals surface area contributed by atoms with Gasteiger partial charge in [-0.2, -0.15) is 0 Å². The molecule has 3 rings (SSSR count). The van der Waals surface area contributed by atoms with Gasteiger partial charge < -0.3 is 48.8 Å². The minimum atomic E-state index is -1.73. The van der Waals surface area contributed by atoms with Crippen LogP contribution >= 0.6 is 0 Å². The molecule has 34 heavy (non-hydrogen) atoms. The number of aliphatic hydroxyl groups excluding tert-OH is 4. The molecule has 10 atom stereocenters. The number of methoxy groups -OCH3 is 1. The number of fused-ring (bicyclic) bond motifs is 1. The number of carbonyl (C=O) groups excluding carboxylic acids is 3. The molecule has 13 nitrogen and oxygen atoms in total. The van der Waals surface area contributed by atoms with Crippen molar-refractivity contribution in [3.8, 4) is 0 Å². The van der Waals surface area contributed by atoms with Gasteiger partial charge in [-0.05, 0) is 6.92 Å². The number of ether oxygens (including phenoxy) is 6. The molecule has 192 valence electrons. The van der Waals surface area contributed by atoms with Crippen LogP contribution in [0, 0.1) is 11.8 Å². The number of rotatable bonds is 6. The van der Waals surface area contributed by atoms with Crippen LogP contribution in [0.2, 0.25) is 0 Å². The van der Waals surface area contributed by atoms with Gasteiger partial charge in [0.25, 0.3) is 0 Å². The summed E-state index contributed by atoms with van der Waals surface area (Å²) in [6.07, 6.45) is -9.01. The molecule has 4 N–H and O–H groups in total. The fraction of sp³-hybridized carbons (Fsp3) is 0.762. The molecule has 0 aromatic heterocycles. The quantitative estimate of drug-likeness (QED) is 0.239. The summed E-state index contributed by atoms with van der Waals surface area (Å²) in [7, 11) is 1.16. The van der Waals surface area contributed by atoms with E-state index in [1.807, 2.05) is 0 Å². The highest BCUT2D eigenvalue weighted by Gasteiger charge is 2.63. The SMILES string of the molecule is COC(=O)C1=CO[C@@H](O[C@H]2O[C@H](CO)[C@@H](O)[C@H](O)[C@@H]2O)[C@H]2[C@@H]1[C@H](OC(C)=O)C[C@]2(C)OC(C)=O. The van der Waals surface area contributed by atoms with Crippen LogP contribution in [0.15, 0.2) is 11.8 Å². The van der Waals surface area contributed by atoms with Gasteiger partial charge in [-0.15, -0.1) is 0 Å². The van der Waals surface area contributed by atoms with Gasteiger partial charge in [0.05, 0.1) is 31.5 Å². The molecule has 1 saturated carbocycles. The lowest BCUT2D eigenvalue weighted by Gasteiger charge is -2.44. The van der Waals surface area contributed by atoms with Crippen molar-refractivity contribution in [1.29, 1.82) is 0 Å². The maximum absolute atomic E-state index is 12.5. The van der Waals surface area contributed by atoms with Crippen molar-refractivity contribution in [1.82, 2.24) is 0 Å². The van der Waals surface area contributed by atoms with Gasteiger partial charge in [-0.25, -0.2) is 4.79 Å². The lowest BCUT2D eigenvalue weighted by molar-refractivity contribution is -0.346. The summed E-state index contributed by atoms with van der Waals surface area (Å²) in [5.74, 6) is -3.87. The van der Waals surface area contributed by atoms with E-state index in [1.165, 1.54) is 13.8 Å². The minimum absolute atomic E-state index is 0.00622. The highest BCUT2D eigenvalue weighted by molar-refractivity contribution is 5.89. The molecular formula is C21H30O13. The first-order valence-corrected chi connectivity index (χ1v) is 10.7. The van der Waals surface area contributed by atoms with Crippen molar-refractivity contribution >= 4 is 17.9 Å². The largest absolute Gasteiger partial charge is 0.471 e. The Balaban J connectivity index is 1.99. The van der Waals surface area contributed by atoms with Crippen molar-refractivity contribution in [3.05, 3.63) is 11.8 Å². The molecule has 0 amide bonds. The Hall–Kier alpha value is -2.29. The molecule has 0 aromatic rings. The van der Waals surface area contributed by atoms with Crippen molar-refractivity contribution in [2.75, 3.05) is 13.7 Å². The van der Waals surface area contributed by atoms with Gasteiger partial charge >= 0.3 is 17.9 Å². The Bertz CT molecular complexity index is 825. The molecule has 0 aromatic carbocycles. The first kappa shape index (κ1) is 26.3. The van der Waals surface area contributed by atoms with Gasteiger partial charge in [0, 0.05) is 26.2 Å². The molecule has 2 fully saturated rings. The summed E-state index contributed by atoms with van der Waals surface area (Å²) in [5.41, 5.74) is -1.34. The summed E-state index contributed by atoms with van der Waals surface area (Å²) in [6.45, 7) is 3.27. The standard InChI is InChI=1S/C21H30O13/c1-8(23)31-11-5-21(3,34-9(2)24)14-13(11)10(18(28)29-4)7-30-19(14)33-20-17(27)16(26)15(25)12(6-22)32-20/h7,11-17,19-20,22,25-27H,5-6H2,1-4H3/t11-,12-,13+,14-,15-,16+,17+,19+,20-,21+/m1/s1. The number of hydrogen-bond donors (Lipinski definition) is 4. The van der Waals surface area contributed by atoms with Crippen LogP contribution in [-0.4, -0.2) is 101 Å². The van der Waals surface area contributed by atoms with Gasteiger partial charge in [-0.3, -0.25) is 9.59 Å². The van der Waals surface area contributed by atoms with Crippen molar-refractivity contribution in [2.45, 2.75) is 75.9 Å². The number of esters is 3. The van der Waals surface area contributed by atoms with Crippen molar-refractivity contribution in [3.63, 3.8) is 0 Å². The molecule has 1 aliphatic carbocycles. The molecule has 0 unspecified atom stereocenters. The summed E-state index contributed by atoms with van der Waals surface area (Å²) in [4.78, 5) is 36.2. The lowest BCUT2D eigenvalue weighted by atomic mass is 9.80. The molecule has 1 saturated heterocycles.